The fourth-order valence-corrected chi connectivity index (χ4v) is 1.93. The minimum Gasteiger partial charge on any atom is -0.478 e. The van der Waals surface area contributed by atoms with Gasteiger partial charge in [-0.15, -0.1) is 0 Å². The molecule has 3 N–H and O–H groups in total. The van der Waals surface area contributed by atoms with Crippen LogP contribution in [0.25, 0.3) is 0 Å². The Morgan fingerprint density at radius 2 is 1.05 bits per heavy atom. The average Bonchev–Trinajstić information content (AvgIpc) is 2.36. The van der Waals surface area contributed by atoms with Gasteiger partial charge in [-0.25, -0.2) is 9.59 Å². The van der Waals surface area contributed by atoms with Gasteiger partial charge in [0.1, 0.15) is 0 Å². The first-order chi connectivity index (χ1) is 9.02. The van der Waals surface area contributed by atoms with Gasteiger partial charge >= 0.3 is 11.9 Å². The van der Waals surface area contributed by atoms with E-state index in [1.807, 2.05) is 0 Å². The third kappa shape index (κ3) is 14.6. The predicted octanol–water partition coefficient (Wildman–Crippen LogP) is 2.58. The topological polar surface area (TPSA) is 94.8 Å². The Bertz CT molecular complexity index is 260. The molecule has 1 aliphatic rings. The van der Waals surface area contributed by atoms with Crippen molar-refractivity contribution in [3.05, 3.63) is 12.2 Å². The van der Waals surface area contributed by atoms with Gasteiger partial charge in [0, 0.05) is 12.2 Å². The van der Waals surface area contributed by atoms with Crippen LogP contribution in [0.2, 0.25) is 0 Å². The Morgan fingerprint density at radius 1 is 0.737 bits per heavy atom. The van der Waals surface area contributed by atoms with Crippen molar-refractivity contribution in [1.29, 1.82) is 0 Å². The van der Waals surface area contributed by atoms with Crippen LogP contribution in [-0.2, 0) is 9.59 Å². The molecule has 0 saturated heterocycles. The minimum absolute atomic E-state index is 0.00750. The van der Waals surface area contributed by atoms with Crippen molar-refractivity contribution >= 4 is 11.9 Å². The number of rotatable bonds is 2. The van der Waals surface area contributed by atoms with Gasteiger partial charge in [-0.3, -0.25) is 0 Å². The van der Waals surface area contributed by atoms with Crippen LogP contribution in [-0.4, -0.2) is 33.4 Å². The highest BCUT2D eigenvalue weighted by Crippen LogP contribution is 2.16. The highest BCUT2D eigenvalue weighted by Gasteiger charge is 2.05. The normalized spacial score (nSPS) is 18.4. The first kappa shape index (κ1) is 17.6. The van der Waals surface area contributed by atoms with Crippen LogP contribution in [0.3, 0.4) is 0 Å². The molecule has 0 amide bonds. The van der Waals surface area contributed by atoms with Gasteiger partial charge in [-0.1, -0.05) is 44.9 Å². The van der Waals surface area contributed by atoms with Gasteiger partial charge < -0.3 is 15.3 Å². The molecule has 110 valence electrons. The average molecular weight is 272 g/mol. The third-order valence-corrected chi connectivity index (χ3v) is 2.94. The van der Waals surface area contributed by atoms with E-state index in [2.05, 4.69) is 0 Å². The van der Waals surface area contributed by atoms with Crippen molar-refractivity contribution in [2.24, 2.45) is 0 Å². The zero-order valence-corrected chi connectivity index (χ0v) is 11.3. The second-order valence-corrected chi connectivity index (χ2v) is 4.72. The maximum absolute atomic E-state index is 9.55. The summed E-state index contributed by atoms with van der Waals surface area (Å²) in [6.45, 7) is 0. The van der Waals surface area contributed by atoms with Crippen LogP contribution in [0.1, 0.15) is 57.8 Å². The molecule has 0 aliphatic heterocycles. The second kappa shape index (κ2) is 11.7. The maximum atomic E-state index is 9.55. The number of aliphatic hydroxyl groups is 1. The Morgan fingerprint density at radius 3 is 1.37 bits per heavy atom. The van der Waals surface area contributed by atoms with E-state index in [4.69, 9.17) is 10.2 Å². The van der Waals surface area contributed by atoms with E-state index in [0.717, 1.165) is 12.8 Å². The van der Waals surface area contributed by atoms with Crippen LogP contribution in [0.4, 0.5) is 0 Å². The van der Waals surface area contributed by atoms with Gasteiger partial charge in [0.2, 0.25) is 0 Å². The van der Waals surface area contributed by atoms with Gasteiger partial charge in [-0.2, -0.15) is 0 Å². The number of carboxylic acid groups (broad SMARTS) is 2. The first-order valence-electron chi connectivity index (χ1n) is 6.84. The molecule has 0 aromatic rings. The number of carbonyl (C=O) groups is 2. The molecule has 1 aliphatic carbocycles. The molecule has 1 rings (SSSR count). The summed E-state index contributed by atoms with van der Waals surface area (Å²) in [7, 11) is 0. The number of carboxylic acids is 2. The smallest absolute Gasteiger partial charge is 0.328 e. The van der Waals surface area contributed by atoms with Crippen LogP contribution in [0, 0.1) is 0 Å². The molecular formula is C14H24O5. The Hall–Kier alpha value is -1.36. The Kier molecular flexibility index (Phi) is 10.9. The molecule has 19 heavy (non-hydrogen) atoms. The van der Waals surface area contributed by atoms with Crippen molar-refractivity contribution < 1.29 is 24.9 Å². The van der Waals surface area contributed by atoms with Gasteiger partial charge in [0.05, 0.1) is 6.10 Å². The largest absolute Gasteiger partial charge is 0.478 e. The molecular weight excluding hydrogens is 248 g/mol. The van der Waals surface area contributed by atoms with E-state index in [1.54, 1.807) is 0 Å². The lowest BCUT2D eigenvalue weighted by Crippen LogP contribution is -2.06. The fraction of sp³-hybridized carbons (Fsp3) is 0.714. The Labute approximate surface area is 113 Å². The van der Waals surface area contributed by atoms with Gasteiger partial charge in [-0.05, 0) is 12.8 Å². The summed E-state index contributed by atoms with van der Waals surface area (Å²) in [5, 5.41) is 25.1. The molecule has 1 saturated carbocycles. The van der Waals surface area contributed by atoms with E-state index in [-0.39, 0.29) is 6.10 Å². The van der Waals surface area contributed by atoms with E-state index in [1.165, 1.54) is 44.9 Å². The van der Waals surface area contributed by atoms with Crippen LogP contribution in [0.5, 0.6) is 0 Å². The van der Waals surface area contributed by atoms with Crippen molar-refractivity contribution in [2.75, 3.05) is 0 Å². The summed E-state index contributed by atoms with van der Waals surface area (Å²) in [6, 6.07) is 0. The molecule has 0 aromatic carbocycles. The lowest BCUT2D eigenvalue weighted by molar-refractivity contribution is -0.134. The highest BCUT2D eigenvalue weighted by molar-refractivity contribution is 5.89. The summed E-state index contributed by atoms with van der Waals surface area (Å²) in [5.74, 6) is -2.51. The predicted molar refractivity (Wildman–Crippen MR) is 72.0 cm³/mol. The summed E-state index contributed by atoms with van der Waals surface area (Å²) in [4.78, 5) is 19.1. The molecule has 0 spiro atoms. The Balaban J connectivity index is 0.000000362. The lowest BCUT2D eigenvalue weighted by atomic mass is 9.99. The van der Waals surface area contributed by atoms with Crippen molar-refractivity contribution in [1.82, 2.24) is 0 Å². The third-order valence-electron chi connectivity index (χ3n) is 2.94. The molecule has 0 radical (unpaired) electrons. The molecule has 0 unspecified atom stereocenters. The maximum Gasteiger partial charge on any atom is 0.328 e. The zero-order chi connectivity index (χ0) is 14.5. The van der Waals surface area contributed by atoms with Crippen molar-refractivity contribution in [3.8, 4) is 0 Å². The standard InChI is InChI=1S/C10H20O.C4H4O4/c11-10-8-6-4-2-1-3-5-7-9-10;5-3(6)1-2-4(7)8/h10-11H,1-9H2;1-2H,(H,5,6)(H,7,8)/b;2-1-. The van der Waals surface area contributed by atoms with Crippen LogP contribution >= 0.6 is 0 Å². The van der Waals surface area contributed by atoms with Crippen molar-refractivity contribution in [2.45, 2.75) is 63.9 Å². The molecule has 0 heterocycles. The zero-order valence-electron chi connectivity index (χ0n) is 11.3. The van der Waals surface area contributed by atoms with Gasteiger partial charge in [0.15, 0.2) is 0 Å². The van der Waals surface area contributed by atoms with Crippen LogP contribution in [0.15, 0.2) is 12.2 Å². The first-order valence-corrected chi connectivity index (χ1v) is 6.84. The monoisotopic (exact) mass is 272 g/mol. The summed E-state index contributed by atoms with van der Waals surface area (Å²) < 4.78 is 0. The molecule has 0 bridgehead atoms. The number of aliphatic carboxylic acids is 2. The number of hydrogen-bond donors (Lipinski definition) is 3. The molecule has 1 fully saturated rings. The summed E-state index contributed by atoms with van der Waals surface area (Å²) >= 11 is 0. The summed E-state index contributed by atoms with van der Waals surface area (Å²) in [6.07, 6.45) is 12.5. The second-order valence-electron chi connectivity index (χ2n) is 4.72. The molecule has 0 aromatic heterocycles. The van der Waals surface area contributed by atoms with E-state index in [9.17, 15) is 14.7 Å². The van der Waals surface area contributed by atoms with Crippen LogP contribution < -0.4 is 0 Å². The quantitative estimate of drug-likeness (QED) is 0.671. The van der Waals surface area contributed by atoms with Gasteiger partial charge in [0.25, 0.3) is 0 Å². The van der Waals surface area contributed by atoms with Crippen molar-refractivity contribution in [3.63, 3.8) is 0 Å². The molecule has 0 atom stereocenters. The van der Waals surface area contributed by atoms with E-state index in [0.29, 0.717) is 12.2 Å². The van der Waals surface area contributed by atoms with E-state index < -0.39 is 11.9 Å². The molecule has 5 heteroatoms. The SMILES string of the molecule is O=C(O)/C=C\C(=O)O.OC1CCCCCCCCC1. The minimum atomic E-state index is -1.26. The molecule has 5 nitrogen and oxygen atoms in total. The highest BCUT2D eigenvalue weighted by atomic mass is 16.4. The summed E-state index contributed by atoms with van der Waals surface area (Å²) in [5.41, 5.74) is 0. The number of hydrogen-bond acceptors (Lipinski definition) is 3. The lowest BCUT2D eigenvalue weighted by Gasteiger charge is -2.12. The van der Waals surface area contributed by atoms with E-state index >= 15 is 0 Å². The number of aliphatic hydroxyl groups excluding tert-OH is 1. The fourth-order valence-electron chi connectivity index (χ4n) is 1.93.